The summed E-state index contributed by atoms with van der Waals surface area (Å²) in [4.78, 5) is 16.0. The highest BCUT2D eigenvalue weighted by Crippen LogP contribution is 2.36. The van der Waals surface area contributed by atoms with Crippen LogP contribution in [0.4, 0.5) is 5.82 Å². The minimum atomic E-state index is 0.173. The lowest BCUT2D eigenvalue weighted by molar-refractivity contribution is 0.0954. The third kappa shape index (κ3) is 5.52. The lowest BCUT2D eigenvalue weighted by Crippen LogP contribution is -2.37. The summed E-state index contributed by atoms with van der Waals surface area (Å²) in [5, 5.41) is 5.17. The van der Waals surface area contributed by atoms with E-state index in [0.29, 0.717) is 32.8 Å². The van der Waals surface area contributed by atoms with Gasteiger partial charge in [-0.25, -0.2) is 4.52 Å². The lowest BCUT2D eigenvalue weighted by atomic mass is 9.98. The van der Waals surface area contributed by atoms with Crippen molar-refractivity contribution in [3.8, 4) is 11.1 Å². The minimum absolute atomic E-state index is 0.173. The first kappa shape index (κ1) is 26.1. The molecule has 0 aliphatic carbocycles. The van der Waals surface area contributed by atoms with Crippen molar-refractivity contribution in [2.24, 2.45) is 0 Å². The molecule has 0 unspecified atom stereocenters. The van der Waals surface area contributed by atoms with Gasteiger partial charge < -0.3 is 14.4 Å². The van der Waals surface area contributed by atoms with Crippen LogP contribution in [0.1, 0.15) is 60.3 Å². The number of aryl methyl sites for hydroxylation is 1. The molecule has 0 atom stereocenters. The number of benzene rings is 2. The van der Waals surface area contributed by atoms with E-state index in [1.165, 1.54) is 0 Å². The molecule has 0 bridgehead atoms. The zero-order valence-electron chi connectivity index (χ0n) is 22.5. The zero-order chi connectivity index (χ0) is 26.3. The minimum Gasteiger partial charge on any atom is -0.378 e. The van der Waals surface area contributed by atoms with Gasteiger partial charge in [-0.2, -0.15) is 5.10 Å². The number of Topliss-reactive ketones (excluding diaryl/α,β-unsaturated/α-hetero) is 1. The molecule has 1 aliphatic rings. The molecule has 5 rings (SSSR count). The third-order valence-corrected chi connectivity index (χ3v) is 7.10. The molecule has 198 valence electrons. The van der Waals surface area contributed by atoms with Crippen LogP contribution in [0, 0.1) is 0 Å². The normalized spacial score (nSPS) is 13.8. The van der Waals surface area contributed by atoms with Gasteiger partial charge in [-0.05, 0) is 30.0 Å². The molecule has 0 spiro atoms. The summed E-state index contributed by atoms with van der Waals surface area (Å²) in [5.41, 5.74) is 7.01. The summed E-state index contributed by atoms with van der Waals surface area (Å²) in [6, 6.07) is 22.8. The van der Waals surface area contributed by atoms with Crippen molar-refractivity contribution in [3.05, 3.63) is 89.1 Å². The standard InChI is InChI=1S/C32H37N3O3/c1-3-11-28-31(29(36)12-4-2)27(23-38-22-24-13-7-5-8-14-24)32-26(25-15-9-6-10-16-25)21-30(33-35(28)32)34-17-19-37-20-18-34/h5-10,13-16,21H,3-4,11-12,17-20,22-23H2,1-2H3. The fraction of sp³-hybridized carbons (Fsp3) is 0.375. The first-order valence-electron chi connectivity index (χ1n) is 13.8. The second-order valence-electron chi connectivity index (χ2n) is 9.84. The highest BCUT2D eigenvalue weighted by molar-refractivity contribution is 6.03. The number of ketones is 1. The highest BCUT2D eigenvalue weighted by atomic mass is 16.5. The maximum absolute atomic E-state index is 13.7. The topological polar surface area (TPSA) is 56.1 Å². The van der Waals surface area contributed by atoms with Crippen molar-refractivity contribution in [2.75, 3.05) is 31.2 Å². The van der Waals surface area contributed by atoms with E-state index in [1.807, 2.05) is 24.3 Å². The molecule has 38 heavy (non-hydrogen) atoms. The van der Waals surface area contributed by atoms with Crippen molar-refractivity contribution in [1.29, 1.82) is 0 Å². The molecule has 0 amide bonds. The van der Waals surface area contributed by atoms with Crippen molar-refractivity contribution >= 4 is 17.1 Å². The van der Waals surface area contributed by atoms with Crippen LogP contribution < -0.4 is 4.90 Å². The number of morpholine rings is 1. The van der Waals surface area contributed by atoms with Crippen LogP contribution in [0.25, 0.3) is 16.6 Å². The van der Waals surface area contributed by atoms with E-state index in [0.717, 1.165) is 77.2 Å². The number of carbonyl (C=O) groups excluding carboxylic acids is 1. The lowest BCUT2D eigenvalue weighted by Gasteiger charge is -2.28. The molecule has 0 N–H and O–H groups in total. The summed E-state index contributed by atoms with van der Waals surface area (Å²) in [6.07, 6.45) is 3.01. The van der Waals surface area contributed by atoms with Crippen LogP contribution >= 0.6 is 0 Å². The number of anilines is 1. The predicted octanol–water partition coefficient (Wildman–Crippen LogP) is 6.49. The van der Waals surface area contributed by atoms with Crippen LogP contribution in [0.3, 0.4) is 0 Å². The Morgan fingerprint density at radius 3 is 2.34 bits per heavy atom. The van der Waals surface area contributed by atoms with Crippen LogP contribution in [0.15, 0.2) is 66.7 Å². The largest absolute Gasteiger partial charge is 0.378 e. The van der Waals surface area contributed by atoms with Gasteiger partial charge in [0.15, 0.2) is 5.78 Å². The number of aromatic nitrogens is 2. The second kappa shape index (κ2) is 12.4. The number of ether oxygens (including phenoxy) is 2. The van der Waals surface area contributed by atoms with Crippen molar-refractivity contribution in [2.45, 2.75) is 52.7 Å². The van der Waals surface area contributed by atoms with Gasteiger partial charge in [-0.3, -0.25) is 4.79 Å². The van der Waals surface area contributed by atoms with E-state index in [4.69, 9.17) is 14.6 Å². The van der Waals surface area contributed by atoms with Crippen molar-refractivity contribution < 1.29 is 14.3 Å². The number of nitrogens with zero attached hydrogens (tertiary/aromatic N) is 3. The Kier molecular flexibility index (Phi) is 8.51. The third-order valence-electron chi connectivity index (χ3n) is 7.10. The van der Waals surface area contributed by atoms with Crippen molar-refractivity contribution in [3.63, 3.8) is 0 Å². The Balaban J connectivity index is 1.71. The summed E-state index contributed by atoms with van der Waals surface area (Å²) >= 11 is 0. The number of rotatable bonds is 11. The Morgan fingerprint density at radius 1 is 0.947 bits per heavy atom. The van der Waals surface area contributed by atoms with Gasteiger partial charge >= 0.3 is 0 Å². The molecule has 2 aromatic carbocycles. The summed E-state index contributed by atoms with van der Waals surface area (Å²) in [6.45, 7) is 8.02. The molecule has 3 heterocycles. The number of hydrogen-bond acceptors (Lipinski definition) is 5. The van der Waals surface area contributed by atoms with Gasteiger partial charge in [0, 0.05) is 36.2 Å². The highest BCUT2D eigenvalue weighted by Gasteiger charge is 2.27. The smallest absolute Gasteiger partial charge is 0.165 e. The quantitative estimate of drug-likeness (QED) is 0.216. The van der Waals surface area contributed by atoms with E-state index in [2.05, 4.69) is 65.7 Å². The van der Waals surface area contributed by atoms with E-state index in [-0.39, 0.29) is 5.78 Å². The average molecular weight is 512 g/mol. The second-order valence-corrected chi connectivity index (χ2v) is 9.84. The van der Waals surface area contributed by atoms with Gasteiger partial charge in [-0.15, -0.1) is 0 Å². The Bertz CT molecular complexity index is 1360. The average Bonchev–Trinajstić information content (AvgIpc) is 3.27. The van der Waals surface area contributed by atoms with Gasteiger partial charge in [0.05, 0.1) is 37.6 Å². The summed E-state index contributed by atoms with van der Waals surface area (Å²) in [7, 11) is 0. The Morgan fingerprint density at radius 2 is 1.66 bits per heavy atom. The zero-order valence-corrected chi connectivity index (χ0v) is 22.5. The van der Waals surface area contributed by atoms with Gasteiger partial charge in [0.25, 0.3) is 0 Å². The SMILES string of the molecule is CCCC(=O)c1c(COCc2ccccc2)c2c(-c3ccccc3)cc(N3CCOCC3)nn2c1CCC. The molecule has 0 radical (unpaired) electrons. The van der Waals surface area contributed by atoms with Gasteiger partial charge in [-0.1, -0.05) is 80.9 Å². The molecular weight excluding hydrogens is 474 g/mol. The van der Waals surface area contributed by atoms with E-state index < -0.39 is 0 Å². The fourth-order valence-corrected chi connectivity index (χ4v) is 5.30. The number of hydrogen-bond donors (Lipinski definition) is 0. The predicted molar refractivity (Wildman–Crippen MR) is 152 cm³/mol. The molecule has 6 heteroatoms. The molecule has 1 fully saturated rings. The van der Waals surface area contributed by atoms with Gasteiger partial charge in [0.1, 0.15) is 5.82 Å². The van der Waals surface area contributed by atoms with Crippen molar-refractivity contribution in [1.82, 2.24) is 9.61 Å². The molecule has 0 saturated carbocycles. The maximum atomic E-state index is 13.7. The molecule has 6 nitrogen and oxygen atoms in total. The summed E-state index contributed by atoms with van der Waals surface area (Å²) < 4.78 is 14.0. The van der Waals surface area contributed by atoms with E-state index in [1.54, 1.807) is 0 Å². The van der Waals surface area contributed by atoms with Crippen LogP contribution in [-0.2, 0) is 29.1 Å². The van der Waals surface area contributed by atoms with Gasteiger partial charge in [0.2, 0.25) is 0 Å². The Hall–Kier alpha value is -3.48. The maximum Gasteiger partial charge on any atom is 0.165 e. The van der Waals surface area contributed by atoms with E-state index >= 15 is 0 Å². The first-order chi connectivity index (χ1) is 18.7. The van der Waals surface area contributed by atoms with E-state index in [9.17, 15) is 4.79 Å². The first-order valence-corrected chi connectivity index (χ1v) is 13.8. The summed E-state index contributed by atoms with van der Waals surface area (Å²) in [5.74, 6) is 1.09. The molecule has 4 aromatic rings. The van der Waals surface area contributed by atoms with Crippen LogP contribution in [-0.4, -0.2) is 41.7 Å². The molecule has 1 aliphatic heterocycles. The molecule has 2 aromatic heterocycles. The molecule has 1 saturated heterocycles. The molecular formula is C32H37N3O3. The van der Waals surface area contributed by atoms with Crippen LogP contribution in [0.2, 0.25) is 0 Å². The fourth-order valence-electron chi connectivity index (χ4n) is 5.30. The number of fused-ring (bicyclic) bond motifs is 1. The van der Waals surface area contributed by atoms with Crippen LogP contribution in [0.5, 0.6) is 0 Å². The number of carbonyl (C=O) groups is 1. The Labute approximate surface area is 225 Å². The monoisotopic (exact) mass is 511 g/mol.